The lowest BCUT2D eigenvalue weighted by molar-refractivity contribution is 0.140. The summed E-state index contributed by atoms with van der Waals surface area (Å²) in [6, 6.07) is 5.82. The van der Waals surface area contributed by atoms with Crippen LogP contribution < -0.4 is 5.32 Å². The third kappa shape index (κ3) is 3.43. The van der Waals surface area contributed by atoms with Gasteiger partial charge in [-0.25, -0.2) is 9.18 Å². The molecule has 1 rings (SSSR count). The summed E-state index contributed by atoms with van der Waals surface area (Å²) in [5, 5.41) is 2.49. The van der Waals surface area contributed by atoms with Crippen LogP contribution in [0.3, 0.4) is 0 Å². The minimum Gasteiger partial charge on any atom is -0.445 e. The Labute approximate surface area is 81.9 Å². The van der Waals surface area contributed by atoms with Gasteiger partial charge in [-0.1, -0.05) is 12.1 Å². The average Bonchev–Trinajstić information content (AvgIpc) is 2.17. The Morgan fingerprint density at radius 3 is 2.64 bits per heavy atom. The highest BCUT2D eigenvalue weighted by molar-refractivity contribution is 5.66. The molecule has 0 aliphatic carbocycles. The lowest BCUT2D eigenvalue weighted by Gasteiger charge is -2.04. The van der Waals surface area contributed by atoms with E-state index >= 15 is 0 Å². The Hall–Kier alpha value is -1.58. The predicted molar refractivity (Wildman–Crippen MR) is 50.3 cm³/mol. The molecule has 0 saturated carbocycles. The van der Waals surface area contributed by atoms with Crippen molar-refractivity contribution >= 4 is 6.09 Å². The van der Waals surface area contributed by atoms with Crippen LogP contribution in [-0.4, -0.2) is 12.6 Å². The summed E-state index contributed by atoms with van der Waals surface area (Å²) >= 11 is 0. The standard InChI is InChI=1S/C10H12FNO2/c1-2-12-10(13)14-7-8-3-5-9(11)6-4-8/h3-6H,2,7H2,1H3,(H,12,13). The van der Waals surface area contributed by atoms with E-state index < -0.39 is 6.09 Å². The molecule has 1 N–H and O–H groups in total. The quantitative estimate of drug-likeness (QED) is 0.805. The SMILES string of the molecule is CCNC(=O)OCc1ccc(F)cc1. The Balaban J connectivity index is 2.38. The molecule has 0 atom stereocenters. The van der Waals surface area contributed by atoms with E-state index in [0.29, 0.717) is 6.54 Å². The van der Waals surface area contributed by atoms with Crippen molar-refractivity contribution in [2.45, 2.75) is 13.5 Å². The largest absolute Gasteiger partial charge is 0.445 e. The second kappa shape index (κ2) is 5.21. The number of amides is 1. The fourth-order valence-electron chi connectivity index (χ4n) is 0.925. The molecule has 0 fully saturated rings. The van der Waals surface area contributed by atoms with Gasteiger partial charge in [0, 0.05) is 6.54 Å². The number of carbonyl (C=O) groups excluding carboxylic acids is 1. The second-order valence-corrected chi connectivity index (χ2v) is 2.73. The van der Waals surface area contributed by atoms with Crippen LogP contribution in [0.4, 0.5) is 9.18 Å². The number of hydrogen-bond donors (Lipinski definition) is 1. The van der Waals surface area contributed by atoms with E-state index in [9.17, 15) is 9.18 Å². The van der Waals surface area contributed by atoms with Gasteiger partial charge in [0.15, 0.2) is 0 Å². The fourth-order valence-corrected chi connectivity index (χ4v) is 0.925. The lowest BCUT2D eigenvalue weighted by Crippen LogP contribution is -2.23. The van der Waals surface area contributed by atoms with Crippen LogP contribution in [0.15, 0.2) is 24.3 Å². The Bertz CT molecular complexity index is 297. The van der Waals surface area contributed by atoms with Crippen molar-refractivity contribution in [3.63, 3.8) is 0 Å². The summed E-state index contributed by atoms with van der Waals surface area (Å²) in [5.41, 5.74) is 0.762. The van der Waals surface area contributed by atoms with E-state index in [1.165, 1.54) is 12.1 Å². The molecular formula is C10H12FNO2. The number of halogens is 1. The molecule has 76 valence electrons. The molecule has 0 aliphatic rings. The Kier molecular flexibility index (Phi) is 3.91. The molecule has 1 aromatic rings. The number of nitrogens with one attached hydrogen (secondary N) is 1. The second-order valence-electron chi connectivity index (χ2n) is 2.73. The van der Waals surface area contributed by atoms with Gasteiger partial charge in [0.1, 0.15) is 12.4 Å². The molecule has 3 nitrogen and oxygen atoms in total. The van der Waals surface area contributed by atoms with Gasteiger partial charge in [0.05, 0.1) is 0 Å². The first-order valence-corrected chi connectivity index (χ1v) is 4.37. The number of benzene rings is 1. The van der Waals surface area contributed by atoms with Gasteiger partial charge in [0.25, 0.3) is 0 Å². The molecule has 0 radical (unpaired) electrons. The molecule has 0 spiro atoms. The van der Waals surface area contributed by atoms with Gasteiger partial charge >= 0.3 is 6.09 Å². The Morgan fingerprint density at radius 2 is 2.07 bits per heavy atom. The highest BCUT2D eigenvalue weighted by atomic mass is 19.1. The van der Waals surface area contributed by atoms with Crippen LogP contribution in [0.2, 0.25) is 0 Å². The summed E-state index contributed by atoms with van der Waals surface area (Å²) in [6.07, 6.45) is -0.461. The van der Waals surface area contributed by atoms with Crippen molar-refractivity contribution in [3.8, 4) is 0 Å². The van der Waals surface area contributed by atoms with Crippen molar-refractivity contribution in [2.24, 2.45) is 0 Å². The highest BCUT2D eigenvalue weighted by Gasteiger charge is 2.00. The van der Waals surface area contributed by atoms with Crippen molar-refractivity contribution in [1.82, 2.24) is 5.32 Å². The minimum atomic E-state index is -0.461. The maximum absolute atomic E-state index is 12.5. The van der Waals surface area contributed by atoms with Crippen molar-refractivity contribution in [3.05, 3.63) is 35.6 Å². The van der Waals surface area contributed by atoms with Gasteiger partial charge in [-0.05, 0) is 24.6 Å². The Morgan fingerprint density at radius 1 is 1.43 bits per heavy atom. The summed E-state index contributed by atoms with van der Waals surface area (Å²) in [7, 11) is 0. The maximum Gasteiger partial charge on any atom is 0.407 e. The van der Waals surface area contributed by atoms with Gasteiger partial charge < -0.3 is 10.1 Å². The van der Waals surface area contributed by atoms with Crippen LogP contribution in [0, 0.1) is 5.82 Å². The van der Waals surface area contributed by atoms with Gasteiger partial charge in [-0.3, -0.25) is 0 Å². The molecule has 1 aromatic carbocycles. The molecule has 0 heterocycles. The number of ether oxygens (including phenoxy) is 1. The predicted octanol–water partition coefficient (Wildman–Crippen LogP) is 2.07. The monoisotopic (exact) mass is 197 g/mol. The van der Waals surface area contributed by atoms with E-state index in [2.05, 4.69) is 5.32 Å². The van der Waals surface area contributed by atoms with Crippen LogP contribution in [-0.2, 0) is 11.3 Å². The molecule has 0 aromatic heterocycles. The van der Waals surface area contributed by atoms with Crippen LogP contribution in [0.1, 0.15) is 12.5 Å². The first-order valence-electron chi connectivity index (χ1n) is 4.37. The summed E-state index contributed by atoms with van der Waals surface area (Å²) in [4.78, 5) is 10.9. The normalized spacial score (nSPS) is 9.57. The smallest absolute Gasteiger partial charge is 0.407 e. The maximum atomic E-state index is 12.5. The van der Waals surface area contributed by atoms with Crippen LogP contribution in [0.5, 0.6) is 0 Å². The first kappa shape index (κ1) is 10.5. The van der Waals surface area contributed by atoms with Gasteiger partial charge in [-0.15, -0.1) is 0 Å². The van der Waals surface area contributed by atoms with E-state index in [1.54, 1.807) is 19.1 Å². The lowest BCUT2D eigenvalue weighted by atomic mass is 10.2. The number of alkyl carbamates (subject to hydrolysis) is 1. The third-order valence-corrected chi connectivity index (χ3v) is 1.60. The van der Waals surface area contributed by atoms with E-state index in [4.69, 9.17) is 4.74 Å². The molecule has 0 aliphatic heterocycles. The topological polar surface area (TPSA) is 38.3 Å². The zero-order valence-corrected chi connectivity index (χ0v) is 7.92. The van der Waals surface area contributed by atoms with Crippen LogP contribution in [0.25, 0.3) is 0 Å². The zero-order valence-electron chi connectivity index (χ0n) is 7.92. The van der Waals surface area contributed by atoms with E-state index in [-0.39, 0.29) is 12.4 Å². The molecule has 14 heavy (non-hydrogen) atoms. The van der Waals surface area contributed by atoms with Crippen molar-refractivity contribution < 1.29 is 13.9 Å². The van der Waals surface area contributed by atoms with Gasteiger partial charge in [-0.2, -0.15) is 0 Å². The fraction of sp³-hybridized carbons (Fsp3) is 0.300. The molecule has 0 unspecified atom stereocenters. The molecule has 0 saturated heterocycles. The summed E-state index contributed by atoms with van der Waals surface area (Å²) < 4.78 is 17.3. The average molecular weight is 197 g/mol. The number of carbonyl (C=O) groups is 1. The molecular weight excluding hydrogens is 185 g/mol. The number of rotatable bonds is 3. The summed E-state index contributed by atoms with van der Waals surface area (Å²) in [6.45, 7) is 2.49. The number of hydrogen-bond acceptors (Lipinski definition) is 2. The first-order chi connectivity index (χ1) is 6.72. The third-order valence-electron chi connectivity index (χ3n) is 1.60. The molecule has 0 bridgehead atoms. The minimum absolute atomic E-state index is 0.159. The molecule has 4 heteroatoms. The van der Waals surface area contributed by atoms with E-state index in [0.717, 1.165) is 5.56 Å². The van der Waals surface area contributed by atoms with Crippen molar-refractivity contribution in [1.29, 1.82) is 0 Å². The van der Waals surface area contributed by atoms with Gasteiger partial charge in [0.2, 0.25) is 0 Å². The van der Waals surface area contributed by atoms with Crippen molar-refractivity contribution in [2.75, 3.05) is 6.54 Å². The zero-order chi connectivity index (χ0) is 10.4. The molecule has 1 amide bonds. The highest BCUT2D eigenvalue weighted by Crippen LogP contribution is 2.03. The van der Waals surface area contributed by atoms with E-state index in [1.807, 2.05) is 0 Å². The van der Waals surface area contributed by atoms with Crippen LogP contribution >= 0.6 is 0 Å². The summed E-state index contributed by atoms with van der Waals surface area (Å²) in [5.74, 6) is -0.299.